The fourth-order valence-corrected chi connectivity index (χ4v) is 0.975. The van der Waals surface area contributed by atoms with E-state index in [0.29, 0.717) is 0 Å². The van der Waals surface area contributed by atoms with Crippen molar-refractivity contribution in [3.63, 3.8) is 0 Å². The van der Waals surface area contributed by atoms with Gasteiger partial charge in [0.1, 0.15) is 0 Å². The molecule has 0 aromatic heterocycles. The minimum absolute atomic E-state index is 0.950. The maximum absolute atomic E-state index is 4.13. The van der Waals surface area contributed by atoms with Crippen LogP contribution in [0, 0.1) is 0 Å². The molecule has 40 valence electrons. The van der Waals surface area contributed by atoms with E-state index in [0.717, 1.165) is 12.8 Å². The van der Waals surface area contributed by atoms with Crippen LogP contribution in [0.4, 0.5) is 0 Å². The second kappa shape index (κ2) is 1.28. The molecule has 0 saturated heterocycles. The lowest BCUT2D eigenvalue weighted by atomic mass is 10.3. The van der Waals surface area contributed by atoms with Crippen LogP contribution in [0.3, 0.4) is 0 Å². The zero-order valence-corrected chi connectivity index (χ0v) is 4.46. The van der Waals surface area contributed by atoms with Gasteiger partial charge in [-0.25, -0.2) is 0 Å². The molecule has 0 fully saturated rings. The van der Waals surface area contributed by atoms with Crippen molar-refractivity contribution in [2.24, 2.45) is 9.98 Å². The van der Waals surface area contributed by atoms with E-state index in [-0.39, 0.29) is 0 Å². The van der Waals surface area contributed by atoms with Gasteiger partial charge >= 0.3 is 0 Å². The standard InChI is InChI=1S/C6H6N2/c1-3-7-6-2-4-8-5(1)6/h3-4H,1-2H2. The first-order valence-electron chi connectivity index (χ1n) is 2.74. The summed E-state index contributed by atoms with van der Waals surface area (Å²) in [7, 11) is 0. The number of allylic oxidation sites excluding steroid dienone is 2. The second-order valence-electron chi connectivity index (χ2n) is 1.92. The zero-order valence-electron chi connectivity index (χ0n) is 4.46. The molecule has 0 saturated carbocycles. The summed E-state index contributed by atoms with van der Waals surface area (Å²) in [6.45, 7) is 0. The molecule has 0 aromatic carbocycles. The van der Waals surface area contributed by atoms with Crippen molar-refractivity contribution in [1.82, 2.24) is 0 Å². The van der Waals surface area contributed by atoms with Crippen molar-refractivity contribution in [3.8, 4) is 0 Å². The van der Waals surface area contributed by atoms with E-state index in [1.54, 1.807) is 0 Å². The summed E-state index contributed by atoms with van der Waals surface area (Å²) in [6.07, 6.45) is 5.74. The summed E-state index contributed by atoms with van der Waals surface area (Å²) in [5.41, 5.74) is 2.34. The summed E-state index contributed by atoms with van der Waals surface area (Å²) < 4.78 is 0. The van der Waals surface area contributed by atoms with Gasteiger partial charge in [0, 0.05) is 25.3 Å². The fraction of sp³-hybridized carbons (Fsp3) is 0.333. The Kier molecular flexibility index (Phi) is 0.640. The fourth-order valence-electron chi connectivity index (χ4n) is 0.975. The quantitative estimate of drug-likeness (QED) is 0.442. The molecule has 2 rings (SSSR count). The van der Waals surface area contributed by atoms with Crippen molar-refractivity contribution in [3.05, 3.63) is 11.4 Å². The third-order valence-corrected chi connectivity index (χ3v) is 1.40. The van der Waals surface area contributed by atoms with Gasteiger partial charge in [-0.05, 0) is 0 Å². The minimum atomic E-state index is 0.950. The lowest BCUT2D eigenvalue weighted by Crippen LogP contribution is -1.68. The first-order valence-corrected chi connectivity index (χ1v) is 2.74. The number of hydrogen-bond acceptors (Lipinski definition) is 2. The van der Waals surface area contributed by atoms with Crippen molar-refractivity contribution >= 4 is 12.4 Å². The third kappa shape index (κ3) is 0.372. The molecule has 2 aliphatic heterocycles. The smallest absolute Gasteiger partial charge is 0.0671 e. The van der Waals surface area contributed by atoms with Gasteiger partial charge in [-0.1, -0.05) is 0 Å². The molecule has 2 aliphatic rings. The number of hydrogen-bond donors (Lipinski definition) is 0. The van der Waals surface area contributed by atoms with Crippen molar-refractivity contribution in [2.75, 3.05) is 0 Å². The topological polar surface area (TPSA) is 24.7 Å². The van der Waals surface area contributed by atoms with Crippen LogP contribution >= 0.6 is 0 Å². The Morgan fingerprint density at radius 1 is 1.00 bits per heavy atom. The highest BCUT2D eigenvalue weighted by Gasteiger charge is 2.11. The van der Waals surface area contributed by atoms with Crippen LogP contribution in [-0.2, 0) is 0 Å². The van der Waals surface area contributed by atoms with Gasteiger partial charge in [0.05, 0.1) is 11.4 Å². The molecule has 0 bridgehead atoms. The molecular formula is C6H6N2. The highest BCUT2D eigenvalue weighted by atomic mass is 14.9. The molecular weight excluding hydrogens is 100 g/mol. The molecule has 2 heteroatoms. The molecule has 0 aromatic rings. The average molecular weight is 106 g/mol. The maximum atomic E-state index is 4.13. The van der Waals surface area contributed by atoms with Gasteiger partial charge in [0.25, 0.3) is 0 Å². The van der Waals surface area contributed by atoms with Crippen LogP contribution in [0.25, 0.3) is 0 Å². The molecule has 0 atom stereocenters. The first-order chi connectivity index (χ1) is 3.97. The first kappa shape index (κ1) is 4.01. The number of aliphatic imine (C=N–C) groups is 2. The number of nitrogens with zero attached hydrogens (tertiary/aromatic N) is 2. The highest BCUT2D eigenvalue weighted by molar-refractivity contribution is 5.76. The van der Waals surface area contributed by atoms with Crippen LogP contribution in [0.1, 0.15) is 12.8 Å². The second-order valence-corrected chi connectivity index (χ2v) is 1.92. The summed E-state index contributed by atoms with van der Waals surface area (Å²) in [5, 5.41) is 0. The van der Waals surface area contributed by atoms with E-state index in [1.807, 2.05) is 12.4 Å². The molecule has 0 aliphatic carbocycles. The third-order valence-electron chi connectivity index (χ3n) is 1.40. The van der Waals surface area contributed by atoms with E-state index >= 15 is 0 Å². The highest BCUT2D eigenvalue weighted by Crippen LogP contribution is 2.23. The predicted molar refractivity (Wildman–Crippen MR) is 33.2 cm³/mol. The summed E-state index contributed by atoms with van der Waals surface area (Å²) in [6, 6.07) is 0. The van der Waals surface area contributed by atoms with Gasteiger partial charge in [0.15, 0.2) is 0 Å². The van der Waals surface area contributed by atoms with Gasteiger partial charge in [-0.15, -0.1) is 0 Å². The normalized spacial score (nSPS) is 23.0. The van der Waals surface area contributed by atoms with Crippen molar-refractivity contribution < 1.29 is 0 Å². The van der Waals surface area contributed by atoms with Crippen LogP contribution < -0.4 is 0 Å². The molecule has 8 heavy (non-hydrogen) atoms. The average Bonchev–Trinajstić information content (AvgIpc) is 2.15. The summed E-state index contributed by atoms with van der Waals surface area (Å²) >= 11 is 0. The predicted octanol–water partition coefficient (Wildman–Crippen LogP) is 1.15. The molecule has 0 amide bonds. The van der Waals surface area contributed by atoms with Crippen LogP contribution in [0.2, 0.25) is 0 Å². The SMILES string of the molecule is C1=NC2=C(C1)N=CC2. The zero-order chi connectivity index (χ0) is 5.40. The van der Waals surface area contributed by atoms with Crippen molar-refractivity contribution in [1.29, 1.82) is 0 Å². The molecule has 0 unspecified atom stereocenters. The van der Waals surface area contributed by atoms with Gasteiger partial charge in [-0.3, -0.25) is 9.98 Å². The van der Waals surface area contributed by atoms with Crippen molar-refractivity contribution in [2.45, 2.75) is 12.8 Å². The maximum Gasteiger partial charge on any atom is 0.0671 e. The van der Waals surface area contributed by atoms with E-state index in [2.05, 4.69) is 9.98 Å². The van der Waals surface area contributed by atoms with Crippen LogP contribution in [0.5, 0.6) is 0 Å². The summed E-state index contributed by atoms with van der Waals surface area (Å²) in [4.78, 5) is 8.25. The van der Waals surface area contributed by atoms with Gasteiger partial charge < -0.3 is 0 Å². The van der Waals surface area contributed by atoms with Gasteiger partial charge in [-0.2, -0.15) is 0 Å². The van der Waals surface area contributed by atoms with E-state index in [1.165, 1.54) is 11.4 Å². The van der Waals surface area contributed by atoms with Gasteiger partial charge in [0.2, 0.25) is 0 Å². The van der Waals surface area contributed by atoms with E-state index in [9.17, 15) is 0 Å². The Balaban J connectivity index is 2.41. The number of rotatable bonds is 0. The molecule has 2 heterocycles. The molecule has 0 spiro atoms. The monoisotopic (exact) mass is 106 g/mol. The largest absolute Gasteiger partial charge is 0.263 e. The molecule has 0 N–H and O–H groups in total. The Bertz CT molecular complexity index is 177. The Hall–Kier alpha value is -0.920. The van der Waals surface area contributed by atoms with E-state index < -0.39 is 0 Å². The Morgan fingerprint density at radius 3 is 2.00 bits per heavy atom. The Labute approximate surface area is 47.7 Å². The van der Waals surface area contributed by atoms with E-state index in [4.69, 9.17) is 0 Å². The van der Waals surface area contributed by atoms with Crippen LogP contribution in [-0.4, -0.2) is 12.4 Å². The summed E-state index contributed by atoms with van der Waals surface area (Å²) in [5.74, 6) is 0. The lowest BCUT2D eigenvalue weighted by Gasteiger charge is -1.83. The lowest BCUT2D eigenvalue weighted by molar-refractivity contribution is 1.21. The minimum Gasteiger partial charge on any atom is -0.263 e. The van der Waals surface area contributed by atoms with Crippen LogP contribution in [0.15, 0.2) is 21.4 Å². The molecule has 0 radical (unpaired) electrons. The molecule has 2 nitrogen and oxygen atoms in total. The Morgan fingerprint density at radius 2 is 1.50 bits per heavy atom.